The molecule has 1 atom stereocenters. The second-order valence-corrected chi connectivity index (χ2v) is 7.85. The predicted octanol–water partition coefficient (Wildman–Crippen LogP) is -0.706. The summed E-state index contributed by atoms with van der Waals surface area (Å²) in [7, 11) is 1.59. The Morgan fingerprint density at radius 2 is 1.94 bits per heavy atom. The number of H-pyrrole nitrogens is 2. The number of quaternary nitrogens is 1. The third kappa shape index (κ3) is 3.28. The van der Waals surface area contributed by atoms with Crippen LogP contribution in [0.15, 0.2) is 52.1 Å². The van der Waals surface area contributed by atoms with Gasteiger partial charge in [-0.1, -0.05) is 12.1 Å². The molecule has 2 aromatic carbocycles. The van der Waals surface area contributed by atoms with Gasteiger partial charge in [0.05, 0.1) is 31.0 Å². The first-order valence-electron chi connectivity index (χ1n) is 10.3. The molecule has 1 aliphatic rings. The number of ether oxygens (including phenoxy) is 1. The lowest BCUT2D eigenvalue weighted by Crippen LogP contribution is -2.87. The van der Waals surface area contributed by atoms with Gasteiger partial charge in [-0.2, -0.15) is 0 Å². The summed E-state index contributed by atoms with van der Waals surface area (Å²) in [6.45, 7) is 0.667. The smallest absolute Gasteiger partial charge is 0.335 e. The van der Waals surface area contributed by atoms with Crippen LogP contribution in [0.3, 0.4) is 0 Å². The van der Waals surface area contributed by atoms with Gasteiger partial charge in [0.15, 0.2) is 6.04 Å². The number of methoxy groups -OCH3 is 1. The Bertz CT molecular complexity index is 1510. The molecule has 168 valence electrons. The molecule has 0 saturated carbocycles. The normalized spacial score (nSPS) is 15.4. The maximum Gasteiger partial charge on any atom is 0.335 e. The van der Waals surface area contributed by atoms with Crippen LogP contribution in [0.25, 0.3) is 16.6 Å². The molecular weight excluding hydrogens is 428 g/mol. The van der Waals surface area contributed by atoms with Crippen LogP contribution in [0.4, 0.5) is 0 Å². The van der Waals surface area contributed by atoms with Crippen molar-refractivity contribution in [3.05, 3.63) is 85.7 Å². The summed E-state index contributed by atoms with van der Waals surface area (Å²) in [5.74, 6) is -1.15. The largest absolute Gasteiger partial charge is 0.545 e. The van der Waals surface area contributed by atoms with Crippen LogP contribution in [0.5, 0.6) is 11.6 Å². The van der Waals surface area contributed by atoms with Crippen molar-refractivity contribution in [2.75, 3.05) is 13.7 Å². The van der Waals surface area contributed by atoms with Gasteiger partial charge in [-0.15, -0.1) is 0 Å². The number of carbonyl (C=O) groups is 1. The molecule has 0 aliphatic carbocycles. The fourth-order valence-electron chi connectivity index (χ4n) is 4.49. The van der Waals surface area contributed by atoms with Gasteiger partial charge in [0.2, 0.25) is 5.88 Å². The summed E-state index contributed by atoms with van der Waals surface area (Å²) in [5.41, 5.74) is 1.30. The van der Waals surface area contributed by atoms with Crippen molar-refractivity contribution in [1.29, 1.82) is 0 Å². The molecule has 4 aromatic rings. The Hall–Kier alpha value is -4.31. The van der Waals surface area contributed by atoms with E-state index >= 15 is 0 Å². The Balaban J connectivity index is 1.68. The summed E-state index contributed by atoms with van der Waals surface area (Å²) in [5, 5.41) is 25.0. The number of nitrogens with two attached hydrogens (primary N) is 1. The quantitative estimate of drug-likeness (QED) is 0.323. The molecule has 0 spiro atoms. The summed E-state index contributed by atoms with van der Waals surface area (Å²) in [6, 6.07) is 10.3. The number of aromatic amines is 2. The summed E-state index contributed by atoms with van der Waals surface area (Å²) in [4.78, 5) is 42.1. The highest BCUT2D eigenvalue weighted by molar-refractivity contribution is 5.87. The maximum atomic E-state index is 12.8. The lowest BCUT2D eigenvalue weighted by Gasteiger charge is -2.22. The average molecular weight is 448 g/mol. The van der Waals surface area contributed by atoms with Gasteiger partial charge in [-0.3, -0.25) is 9.78 Å². The third-order valence-electron chi connectivity index (χ3n) is 6.05. The van der Waals surface area contributed by atoms with Crippen molar-refractivity contribution in [3.8, 4) is 17.3 Å². The van der Waals surface area contributed by atoms with E-state index in [-0.39, 0.29) is 16.8 Å². The molecule has 0 radical (unpaired) electrons. The van der Waals surface area contributed by atoms with E-state index in [0.29, 0.717) is 12.3 Å². The molecule has 1 aliphatic heterocycles. The lowest BCUT2D eigenvalue weighted by atomic mass is 9.95. The lowest BCUT2D eigenvalue weighted by molar-refractivity contribution is -0.690. The van der Waals surface area contributed by atoms with Gasteiger partial charge in [0.1, 0.15) is 11.3 Å². The molecule has 33 heavy (non-hydrogen) atoms. The number of fused-ring (bicyclic) bond motifs is 3. The zero-order valence-corrected chi connectivity index (χ0v) is 17.5. The predicted molar refractivity (Wildman–Crippen MR) is 116 cm³/mol. The maximum absolute atomic E-state index is 12.8. The van der Waals surface area contributed by atoms with Gasteiger partial charge in [0, 0.05) is 17.3 Å². The van der Waals surface area contributed by atoms with Crippen LogP contribution in [-0.2, 0) is 6.42 Å². The molecule has 0 amide bonds. The molecule has 0 saturated heterocycles. The fourth-order valence-corrected chi connectivity index (χ4v) is 4.49. The molecule has 3 heterocycles. The molecule has 10 heteroatoms. The van der Waals surface area contributed by atoms with E-state index in [0.717, 1.165) is 33.1 Å². The van der Waals surface area contributed by atoms with Crippen LogP contribution in [0, 0.1) is 0 Å². The zero-order valence-electron chi connectivity index (χ0n) is 17.5. The average Bonchev–Trinajstić information content (AvgIpc) is 3.17. The topological polar surface area (TPSA) is 157 Å². The standard InChI is InChI=1S/C23H20N4O6/c1-33-13-6-7-16-15(10-13)14-8-9-24-19(18(14)25-16)17-20(28)26-23(32)27(21(17)29)12-4-2-11(3-5-12)22(30)31/h2-7,10,19,24-25,29H,8-9H2,1H3,(H,30,31)(H,26,28,32)/t19-/m0/s1. The van der Waals surface area contributed by atoms with Crippen LogP contribution < -0.4 is 26.4 Å². The summed E-state index contributed by atoms with van der Waals surface area (Å²) < 4.78 is 6.29. The van der Waals surface area contributed by atoms with E-state index in [1.807, 2.05) is 23.5 Å². The second kappa shape index (κ2) is 7.68. The number of carboxylic acids is 1. The Kier molecular flexibility index (Phi) is 4.79. The number of aromatic nitrogens is 3. The van der Waals surface area contributed by atoms with Gasteiger partial charge in [-0.05, 0) is 41.5 Å². The van der Waals surface area contributed by atoms with Crippen LogP contribution in [-0.4, -0.2) is 39.3 Å². The van der Waals surface area contributed by atoms with Gasteiger partial charge >= 0.3 is 5.69 Å². The van der Waals surface area contributed by atoms with E-state index in [1.54, 1.807) is 7.11 Å². The number of aromatic carboxylic acids is 1. The molecule has 10 nitrogen and oxygen atoms in total. The highest BCUT2D eigenvalue weighted by Gasteiger charge is 2.34. The Morgan fingerprint density at radius 3 is 2.64 bits per heavy atom. The number of nitrogens with zero attached hydrogens (tertiary/aromatic N) is 1. The number of rotatable bonds is 4. The van der Waals surface area contributed by atoms with Crippen LogP contribution in [0.1, 0.15) is 33.2 Å². The van der Waals surface area contributed by atoms with E-state index in [1.165, 1.54) is 24.3 Å². The number of nitrogens with one attached hydrogen (secondary N) is 2. The van der Waals surface area contributed by atoms with E-state index in [2.05, 4.69) is 9.97 Å². The number of carbonyl (C=O) groups excluding carboxylic acids is 1. The Morgan fingerprint density at radius 1 is 1.18 bits per heavy atom. The fraction of sp³-hybridized carbons (Fsp3) is 0.174. The first-order valence-corrected chi connectivity index (χ1v) is 10.3. The molecule has 2 aromatic heterocycles. The van der Waals surface area contributed by atoms with Gasteiger partial charge < -0.3 is 30.0 Å². The second-order valence-electron chi connectivity index (χ2n) is 7.85. The number of hydrogen-bond acceptors (Lipinski definition) is 6. The van der Waals surface area contributed by atoms with Crippen molar-refractivity contribution in [2.45, 2.75) is 12.5 Å². The molecule has 5 N–H and O–H groups in total. The van der Waals surface area contributed by atoms with E-state index in [4.69, 9.17) is 4.74 Å². The van der Waals surface area contributed by atoms with Gasteiger partial charge in [-0.25, -0.2) is 9.36 Å². The number of carboxylic acid groups (broad SMARTS) is 1. The van der Waals surface area contributed by atoms with E-state index < -0.39 is 29.1 Å². The molecular formula is C23H20N4O6. The minimum Gasteiger partial charge on any atom is -0.545 e. The monoisotopic (exact) mass is 448 g/mol. The first-order chi connectivity index (χ1) is 15.9. The highest BCUT2D eigenvalue weighted by atomic mass is 16.5. The van der Waals surface area contributed by atoms with Crippen molar-refractivity contribution >= 4 is 16.9 Å². The Labute approximate surface area is 186 Å². The molecule has 0 unspecified atom stereocenters. The minimum atomic E-state index is -1.36. The van der Waals surface area contributed by atoms with Crippen molar-refractivity contribution in [1.82, 2.24) is 14.5 Å². The van der Waals surface area contributed by atoms with Crippen LogP contribution >= 0.6 is 0 Å². The van der Waals surface area contributed by atoms with Crippen molar-refractivity contribution < 1.29 is 25.1 Å². The third-order valence-corrected chi connectivity index (χ3v) is 6.05. The van der Waals surface area contributed by atoms with Crippen molar-refractivity contribution in [3.63, 3.8) is 0 Å². The first kappa shape index (κ1) is 20.6. The molecule has 0 bridgehead atoms. The highest BCUT2D eigenvalue weighted by Crippen LogP contribution is 2.34. The number of hydrogen-bond donors (Lipinski definition) is 4. The van der Waals surface area contributed by atoms with E-state index in [9.17, 15) is 24.6 Å². The van der Waals surface area contributed by atoms with Gasteiger partial charge in [0.25, 0.3) is 5.56 Å². The molecule has 0 fully saturated rings. The van der Waals surface area contributed by atoms with Crippen LogP contribution in [0.2, 0.25) is 0 Å². The molecule has 5 rings (SSSR count). The SMILES string of the molecule is COc1ccc2[nH]c3c(c2c1)CC[NH2+][C@H]3c1c(O)n(-c2ccc(C(=O)[O-])cc2)c(=O)[nH]c1=O. The zero-order chi connectivity index (χ0) is 23.3. The number of aromatic hydroxyl groups is 1. The minimum absolute atomic E-state index is 0.0260. The number of benzene rings is 2. The van der Waals surface area contributed by atoms with Crippen molar-refractivity contribution in [2.24, 2.45) is 0 Å². The summed E-state index contributed by atoms with van der Waals surface area (Å²) in [6.07, 6.45) is 0.752. The summed E-state index contributed by atoms with van der Waals surface area (Å²) >= 11 is 0.